The van der Waals surface area contributed by atoms with E-state index in [0.29, 0.717) is 0 Å². The zero-order chi connectivity index (χ0) is 21.7. The smallest absolute Gasteiger partial charge is 0.407 e. The minimum Gasteiger partial charge on any atom is -0.480 e. The molecule has 0 fully saturated rings. The summed E-state index contributed by atoms with van der Waals surface area (Å²) in [4.78, 5) is 24.3. The molecule has 0 saturated heterocycles. The second-order valence-electron chi connectivity index (χ2n) is 7.71. The fourth-order valence-electron chi connectivity index (χ4n) is 4.09. The largest absolute Gasteiger partial charge is 0.480 e. The van der Waals surface area contributed by atoms with Crippen LogP contribution < -0.4 is 5.32 Å². The molecule has 0 spiro atoms. The normalized spacial score (nSPS) is 15.2. The fraction of sp³-hybridized carbons (Fsp3) is 0.333. The van der Waals surface area contributed by atoms with Gasteiger partial charge in [0, 0.05) is 24.9 Å². The van der Waals surface area contributed by atoms with Gasteiger partial charge >= 0.3 is 12.1 Å². The van der Waals surface area contributed by atoms with Crippen LogP contribution in [0.1, 0.15) is 30.4 Å². The molecule has 2 atom stereocenters. The number of carbonyl (C=O) groups excluding carboxylic acids is 1. The van der Waals surface area contributed by atoms with Gasteiger partial charge in [0.25, 0.3) is 0 Å². The fourth-order valence-corrected chi connectivity index (χ4v) is 4.09. The highest BCUT2D eigenvalue weighted by molar-refractivity contribution is 5.81. The molecular weight excluding hydrogens is 382 g/mol. The number of ether oxygens (including phenoxy) is 2. The van der Waals surface area contributed by atoms with Crippen molar-refractivity contribution in [2.75, 3.05) is 20.3 Å². The van der Waals surface area contributed by atoms with Crippen molar-refractivity contribution >= 4 is 12.1 Å². The lowest BCUT2D eigenvalue weighted by atomic mass is 9.80. The third-order valence-corrected chi connectivity index (χ3v) is 5.53. The summed E-state index contributed by atoms with van der Waals surface area (Å²) in [5, 5.41) is 12.1. The maximum atomic E-state index is 12.5. The quantitative estimate of drug-likeness (QED) is 0.653. The van der Waals surface area contributed by atoms with Crippen molar-refractivity contribution in [3.8, 4) is 23.5 Å². The van der Waals surface area contributed by atoms with Gasteiger partial charge in [-0.3, -0.25) is 0 Å². The predicted molar refractivity (Wildman–Crippen MR) is 113 cm³/mol. The molecule has 156 valence electrons. The Bertz CT molecular complexity index is 934. The van der Waals surface area contributed by atoms with Crippen LogP contribution in [0.2, 0.25) is 0 Å². The monoisotopic (exact) mass is 407 g/mol. The average molecular weight is 407 g/mol. The molecule has 0 bridgehead atoms. The zero-order valence-corrected chi connectivity index (χ0v) is 17.1. The van der Waals surface area contributed by atoms with Crippen LogP contribution in [0.3, 0.4) is 0 Å². The van der Waals surface area contributed by atoms with E-state index in [4.69, 9.17) is 15.9 Å². The molecule has 3 rings (SSSR count). The molecule has 2 aromatic rings. The van der Waals surface area contributed by atoms with Gasteiger partial charge in [-0.15, -0.1) is 12.3 Å². The van der Waals surface area contributed by atoms with E-state index < -0.39 is 23.5 Å². The summed E-state index contributed by atoms with van der Waals surface area (Å²) >= 11 is 0. The first kappa shape index (κ1) is 21.4. The summed E-state index contributed by atoms with van der Waals surface area (Å²) in [5.74, 6) is 1.16. The molecule has 1 aliphatic carbocycles. The lowest BCUT2D eigenvalue weighted by molar-refractivity contribution is -0.144. The van der Waals surface area contributed by atoms with E-state index in [2.05, 4.69) is 11.2 Å². The van der Waals surface area contributed by atoms with Crippen LogP contribution in [0, 0.1) is 17.8 Å². The lowest BCUT2D eigenvalue weighted by Gasteiger charge is -2.33. The van der Waals surface area contributed by atoms with Crippen molar-refractivity contribution in [2.24, 2.45) is 5.41 Å². The Morgan fingerprint density at radius 2 is 1.73 bits per heavy atom. The number of methoxy groups -OCH3 is 1. The number of benzene rings is 2. The van der Waals surface area contributed by atoms with Crippen LogP contribution in [0.15, 0.2) is 48.5 Å². The number of aliphatic carboxylic acids is 1. The van der Waals surface area contributed by atoms with Gasteiger partial charge in [-0.1, -0.05) is 55.5 Å². The molecule has 1 aliphatic rings. The summed E-state index contributed by atoms with van der Waals surface area (Å²) in [5.41, 5.74) is 3.43. The third kappa shape index (κ3) is 4.17. The Morgan fingerprint density at radius 1 is 1.17 bits per heavy atom. The van der Waals surface area contributed by atoms with Gasteiger partial charge < -0.3 is 19.9 Å². The van der Waals surface area contributed by atoms with Crippen LogP contribution in [0.4, 0.5) is 4.79 Å². The molecule has 0 saturated carbocycles. The summed E-state index contributed by atoms with van der Waals surface area (Å²) in [7, 11) is 1.46. The minimum absolute atomic E-state index is 0.0812. The molecule has 2 N–H and O–H groups in total. The molecule has 0 heterocycles. The Hall–Kier alpha value is -3.30. The molecule has 0 unspecified atom stereocenters. The lowest BCUT2D eigenvalue weighted by Crippen LogP contribution is -2.53. The van der Waals surface area contributed by atoms with Gasteiger partial charge in [0.05, 0.1) is 6.61 Å². The molecule has 2 aromatic carbocycles. The topological polar surface area (TPSA) is 84.9 Å². The maximum Gasteiger partial charge on any atom is 0.407 e. The van der Waals surface area contributed by atoms with Crippen molar-refractivity contribution in [2.45, 2.75) is 25.3 Å². The van der Waals surface area contributed by atoms with E-state index in [1.54, 1.807) is 6.92 Å². The average Bonchev–Trinajstić information content (AvgIpc) is 3.04. The van der Waals surface area contributed by atoms with Crippen LogP contribution in [-0.4, -0.2) is 43.5 Å². The first-order chi connectivity index (χ1) is 14.4. The van der Waals surface area contributed by atoms with Crippen molar-refractivity contribution in [1.29, 1.82) is 0 Å². The maximum absolute atomic E-state index is 12.5. The van der Waals surface area contributed by atoms with Gasteiger partial charge in [-0.05, 0) is 22.3 Å². The number of nitrogens with one attached hydrogen (secondary N) is 1. The number of hydrogen-bond acceptors (Lipinski definition) is 4. The first-order valence-electron chi connectivity index (χ1n) is 9.68. The first-order valence-corrected chi connectivity index (χ1v) is 9.68. The molecule has 6 heteroatoms. The summed E-state index contributed by atoms with van der Waals surface area (Å²) in [6.07, 6.45) is 4.73. The van der Waals surface area contributed by atoms with Crippen LogP contribution in [0.5, 0.6) is 0 Å². The van der Waals surface area contributed by atoms with Crippen molar-refractivity contribution in [3.63, 3.8) is 0 Å². The number of fused-ring (bicyclic) bond motifs is 3. The summed E-state index contributed by atoms with van der Waals surface area (Å²) in [6.45, 7) is 1.85. The van der Waals surface area contributed by atoms with E-state index in [0.717, 1.165) is 22.3 Å². The van der Waals surface area contributed by atoms with Gasteiger partial charge in [0.1, 0.15) is 12.6 Å². The van der Waals surface area contributed by atoms with E-state index in [9.17, 15) is 14.7 Å². The molecular formula is C24H25NO5. The Labute approximate surface area is 176 Å². The minimum atomic E-state index is -1.25. The van der Waals surface area contributed by atoms with E-state index in [-0.39, 0.29) is 25.6 Å². The number of amides is 1. The van der Waals surface area contributed by atoms with E-state index in [1.807, 2.05) is 48.5 Å². The van der Waals surface area contributed by atoms with Crippen molar-refractivity contribution in [3.05, 3.63) is 59.7 Å². The van der Waals surface area contributed by atoms with E-state index in [1.165, 1.54) is 7.11 Å². The Kier molecular flexibility index (Phi) is 6.43. The highest BCUT2D eigenvalue weighted by atomic mass is 16.5. The number of carboxylic acids is 1. The van der Waals surface area contributed by atoms with E-state index >= 15 is 0 Å². The highest BCUT2D eigenvalue weighted by Gasteiger charge is 2.41. The number of terminal acetylenes is 1. The summed E-state index contributed by atoms with van der Waals surface area (Å²) in [6, 6.07) is 14.7. The van der Waals surface area contributed by atoms with Gasteiger partial charge in [-0.2, -0.15) is 0 Å². The van der Waals surface area contributed by atoms with Gasteiger partial charge in [0.2, 0.25) is 0 Å². The van der Waals surface area contributed by atoms with Crippen LogP contribution >= 0.6 is 0 Å². The Morgan fingerprint density at radius 3 is 2.23 bits per heavy atom. The van der Waals surface area contributed by atoms with Gasteiger partial charge in [-0.25, -0.2) is 9.59 Å². The Balaban J connectivity index is 1.74. The molecule has 30 heavy (non-hydrogen) atoms. The number of rotatable bonds is 8. The molecule has 0 aromatic heterocycles. The number of carboxylic acid groups (broad SMARTS) is 1. The van der Waals surface area contributed by atoms with Gasteiger partial charge in [0.15, 0.2) is 0 Å². The predicted octanol–water partition coefficient (Wildman–Crippen LogP) is 3.65. The van der Waals surface area contributed by atoms with Crippen molar-refractivity contribution in [1.82, 2.24) is 5.32 Å². The van der Waals surface area contributed by atoms with Crippen LogP contribution in [0.25, 0.3) is 11.1 Å². The number of hydrogen-bond donors (Lipinski definition) is 2. The molecule has 1 amide bonds. The zero-order valence-electron chi connectivity index (χ0n) is 17.1. The molecule has 0 radical (unpaired) electrons. The number of alkyl carbamates (subject to hydrolysis) is 1. The highest BCUT2D eigenvalue weighted by Crippen LogP contribution is 2.44. The van der Waals surface area contributed by atoms with Crippen LogP contribution in [-0.2, 0) is 14.3 Å². The second-order valence-corrected chi connectivity index (χ2v) is 7.71. The molecule has 6 nitrogen and oxygen atoms in total. The third-order valence-electron chi connectivity index (χ3n) is 5.53. The second kappa shape index (κ2) is 9.02. The SMILES string of the molecule is C#CC[C@](C)(COC)[C@@H](NC(=O)OCC1c2ccccc2-c2ccccc21)C(=O)O. The number of carbonyl (C=O) groups is 2. The summed E-state index contributed by atoms with van der Waals surface area (Å²) < 4.78 is 10.6. The van der Waals surface area contributed by atoms with Crippen molar-refractivity contribution < 1.29 is 24.2 Å². The molecule has 0 aliphatic heterocycles. The standard InChI is InChI=1S/C24H25NO5/c1-4-13-24(2,15-29-3)21(22(26)27)25-23(28)30-14-20-18-11-7-5-9-16(18)17-10-6-8-12-19(17)20/h1,5-12,20-21H,13-15H2,2-3H3,(H,25,28)(H,26,27)/t21-,24+/m0/s1.